The maximum atomic E-state index is 11.3. The standard InChI is InChI=1S/C12H15N3O2S/c1-12(2,3)9-8(11(16)17)18-10(13-9)7-5-6-15(4)14-7/h5-6H,1-4H3,(H,16,17). The highest BCUT2D eigenvalue weighted by atomic mass is 32.1. The van der Waals surface area contributed by atoms with Crippen LogP contribution in [0.4, 0.5) is 0 Å². The van der Waals surface area contributed by atoms with Crippen LogP contribution in [0.1, 0.15) is 36.1 Å². The van der Waals surface area contributed by atoms with Crippen molar-refractivity contribution in [3.63, 3.8) is 0 Å². The lowest BCUT2D eigenvalue weighted by Gasteiger charge is -2.15. The van der Waals surface area contributed by atoms with Gasteiger partial charge in [0, 0.05) is 18.7 Å². The molecule has 18 heavy (non-hydrogen) atoms. The van der Waals surface area contributed by atoms with Crippen LogP contribution in [0.5, 0.6) is 0 Å². The lowest BCUT2D eigenvalue weighted by Crippen LogP contribution is -2.16. The number of aromatic carboxylic acids is 1. The van der Waals surface area contributed by atoms with E-state index in [1.54, 1.807) is 4.68 Å². The first-order chi connectivity index (χ1) is 8.29. The second kappa shape index (κ2) is 4.20. The van der Waals surface area contributed by atoms with Crippen LogP contribution in [0.25, 0.3) is 10.7 Å². The van der Waals surface area contributed by atoms with Gasteiger partial charge in [0.1, 0.15) is 15.6 Å². The van der Waals surface area contributed by atoms with Crippen molar-refractivity contribution in [2.75, 3.05) is 0 Å². The zero-order valence-electron chi connectivity index (χ0n) is 10.8. The second-order valence-electron chi connectivity index (χ2n) is 5.13. The molecule has 2 rings (SSSR count). The van der Waals surface area contributed by atoms with Gasteiger partial charge in [-0.05, 0) is 6.07 Å². The van der Waals surface area contributed by atoms with Crippen LogP contribution in [-0.4, -0.2) is 25.8 Å². The van der Waals surface area contributed by atoms with E-state index in [-0.39, 0.29) is 5.41 Å². The minimum atomic E-state index is -0.931. The minimum absolute atomic E-state index is 0.294. The maximum absolute atomic E-state index is 11.3. The van der Waals surface area contributed by atoms with Crippen molar-refractivity contribution in [1.29, 1.82) is 0 Å². The fourth-order valence-electron chi connectivity index (χ4n) is 1.61. The Morgan fingerprint density at radius 1 is 1.44 bits per heavy atom. The number of nitrogens with zero attached hydrogens (tertiary/aromatic N) is 3. The molecule has 0 saturated carbocycles. The normalized spacial score (nSPS) is 11.8. The molecule has 0 unspecified atom stereocenters. The Kier molecular flexibility index (Phi) is 2.98. The van der Waals surface area contributed by atoms with Crippen molar-refractivity contribution in [3.8, 4) is 10.7 Å². The minimum Gasteiger partial charge on any atom is -0.477 e. The number of hydrogen-bond acceptors (Lipinski definition) is 4. The summed E-state index contributed by atoms with van der Waals surface area (Å²) in [4.78, 5) is 16.0. The number of aromatic nitrogens is 3. The first-order valence-electron chi connectivity index (χ1n) is 5.53. The van der Waals surface area contributed by atoms with Gasteiger partial charge in [-0.25, -0.2) is 9.78 Å². The molecule has 0 atom stereocenters. The van der Waals surface area contributed by atoms with Crippen molar-refractivity contribution in [2.45, 2.75) is 26.2 Å². The summed E-state index contributed by atoms with van der Waals surface area (Å²) in [6.45, 7) is 5.87. The molecular formula is C12H15N3O2S. The number of aryl methyl sites for hydroxylation is 1. The molecule has 96 valence electrons. The molecule has 2 aromatic heterocycles. The van der Waals surface area contributed by atoms with Gasteiger partial charge in [-0.1, -0.05) is 20.8 Å². The first-order valence-corrected chi connectivity index (χ1v) is 6.35. The number of carboxylic acid groups (broad SMARTS) is 1. The third-order valence-electron chi connectivity index (χ3n) is 2.46. The molecule has 0 bridgehead atoms. The lowest BCUT2D eigenvalue weighted by atomic mass is 9.91. The van der Waals surface area contributed by atoms with Gasteiger partial charge in [-0.15, -0.1) is 11.3 Å². The van der Waals surface area contributed by atoms with E-state index in [2.05, 4.69) is 10.1 Å². The van der Waals surface area contributed by atoms with Gasteiger partial charge < -0.3 is 5.11 Å². The lowest BCUT2D eigenvalue weighted by molar-refractivity contribution is 0.0699. The van der Waals surface area contributed by atoms with Gasteiger partial charge >= 0.3 is 5.97 Å². The van der Waals surface area contributed by atoms with Gasteiger partial charge in [0.15, 0.2) is 0 Å². The molecule has 2 aromatic rings. The highest BCUT2D eigenvalue weighted by Crippen LogP contribution is 2.33. The van der Waals surface area contributed by atoms with Gasteiger partial charge in [0.2, 0.25) is 0 Å². The van der Waals surface area contributed by atoms with Crippen molar-refractivity contribution in [1.82, 2.24) is 14.8 Å². The van der Waals surface area contributed by atoms with Crippen LogP contribution in [0.3, 0.4) is 0 Å². The van der Waals surface area contributed by atoms with E-state index in [1.165, 1.54) is 11.3 Å². The fraction of sp³-hybridized carbons (Fsp3) is 0.417. The van der Waals surface area contributed by atoms with Gasteiger partial charge in [-0.2, -0.15) is 5.10 Å². The molecule has 0 saturated heterocycles. The first kappa shape index (κ1) is 12.8. The van der Waals surface area contributed by atoms with Crippen LogP contribution in [0.15, 0.2) is 12.3 Å². The summed E-state index contributed by atoms with van der Waals surface area (Å²) < 4.78 is 1.67. The highest BCUT2D eigenvalue weighted by molar-refractivity contribution is 7.17. The summed E-state index contributed by atoms with van der Waals surface area (Å²) in [6, 6.07) is 1.83. The Labute approximate surface area is 109 Å². The Bertz CT molecular complexity index is 593. The van der Waals surface area contributed by atoms with Crippen LogP contribution in [0.2, 0.25) is 0 Å². The Morgan fingerprint density at radius 3 is 2.50 bits per heavy atom. The largest absolute Gasteiger partial charge is 0.477 e. The summed E-state index contributed by atoms with van der Waals surface area (Å²) in [5, 5.41) is 14.1. The molecule has 2 heterocycles. The van der Waals surface area contributed by atoms with Crippen molar-refractivity contribution >= 4 is 17.3 Å². The number of rotatable bonds is 2. The number of hydrogen-bond donors (Lipinski definition) is 1. The van der Waals surface area contributed by atoms with E-state index in [1.807, 2.05) is 40.1 Å². The van der Waals surface area contributed by atoms with Crippen LogP contribution in [0, 0.1) is 0 Å². The molecule has 0 aromatic carbocycles. The summed E-state index contributed by atoms with van der Waals surface area (Å²) in [6.07, 6.45) is 1.81. The molecule has 0 aliphatic rings. The van der Waals surface area contributed by atoms with E-state index in [0.29, 0.717) is 21.3 Å². The average molecular weight is 265 g/mol. The quantitative estimate of drug-likeness (QED) is 0.906. The van der Waals surface area contributed by atoms with Gasteiger partial charge in [0.05, 0.1) is 5.69 Å². The summed E-state index contributed by atoms with van der Waals surface area (Å²) in [5.74, 6) is -0.931. The van der Waals surface area contributed by atoms with Crippen molar-refractivity contribution in [3.05, 3.63) is 22.8 Å². The van der Waals surface area contributed by atoms with Gasteiger partial charge in [-0.3, -0.25) is 4.68 Å². The molecule has 1 N–H and O–H groups in total. The van der Waals surface area contributed by atoms with E-state index in [0.717, 1.165) is 0 Å². The van der Waals surface area contributed by atoms with Crippen LogP contribution in [-0.2, 0) is 12.5 Å². The van der Waals surface area contributed by atoms with Crippen LogP contribution >= 0.6 is 11.3 Å². The summed E-state index contributed by atoms with van der Waals surface area (Å²) in [5.41, 5.74) is 1.03. The zero-order valence-corrected chi connectivity index (χ0v) is 11.6. The average Bonchev–Trinajstić information content (AvgIpc) is 2.81. The second-order valence-corrected chi connectivity index (χ2v) is 6.13. The topological polar surface area (TPSA) is 68.0 Å². The monoisotopic (exact) mass is 265 g/mol. The molecular weight excluding hydrogens is 250 g/mol. The smallest absolute Gasteiger partial charge is 0.347 e. The molecule has 0 spiro atoms. The zero-order chi connectivity index (χ0) is 13.5. The molecule has 0 amide bonds. The number of thiazole rings is 1. The van der Waals surface area contributed by atoms with E-state index >= 15 is 0 Å². The third kappa shape index (κ3) is 2.28. The highest BCUT2D eigenvalue weighted by Gasteiger charge is 2.27. The summed E-state index contributed by atoms with van der Waals surface area (Å²) in [7, 11) is 1.82. The molecule has 6 heteroatoms. The Balaban J connectivity index is 2.56. The van der Waals surface area contributed by atoms with Crippen molar-refractivity contribution < 1.29 is 9.90 Å². The molecule has 0 aliphatic carbocycles. The van der Waals surface area contributed by atoms with E-state index in [9.17, 15) is 9.90 Å². The Morgan fingerprint density at radius 2 is 2.11 bits per heavy atom. The Hall–Kier alpha value is -1.69. The van der Waals surface area contributed by atoms with Crippen molar-refractivity contribution in [2.24, 2.45) is 7.05 Å². The molecule has 0 fully saturated rings. The molecule has 5 nitrogen and oxygen atoms in total. The van der Waals surface area contributed by atoms with E-state index < -0.39 is 5.97 Å². The third-order valence-corrected chi connectivity index (χ3v) is 3.53. The number of carboxylic acids is 1. The fourth-order valence-corrected chi connectivity index (χ4v) is 2.69. The summed E-state index contributed by atoms with van der Waals surface area (Å²) >= 11 is 1.17. The van der Waals surface area contributed by atoms with E-state index in [4.69, 9.17) is 0 Å². The maximum Gasteiger partial charge on any atom is 0.347 e. The molecule has 0 radical (unpaired) electrons. The predicted octanol–water partition coefficient (Wildman–Crippen LogP) is 2.54. The predicted molar refractivity (Wildman–Crippen MR) is 70.0 cm³/mol. The van der Waals surface area contributed by atoms with Gasteiger partial charge in [0.25, 0.3) is 0 Å². The van der Waals surface area contributed by atoms with Crippen LogP contribution < -0.4 is 0 Å². The number of carbonyl (C=O) groups is 1. The SMILES string of the molecule is Cn1ccc(-c2nc(C(C)(C)C)c(C(=O)O)s2)n1. The molecule has 0 aliphatic heterocycles.